The van der Waals surface area contributed by atoms with Crippen molar-refractivity contribution in [1.82, 2.24) is 9.80 Å². The van der Waals surface area contributed by atoms with Gasteiger partial charge in [0.15, 0.2) is 0 Å². The Morgan fingerprint density at radius 3 is 2.63 bits per heavy atom. The van der Waals surface area contributed by atoms with Crippen LogP contribution in [0.1, 0.15) is 46.5 Å². The highest BCUT2D eigenvalue weighted by Gasteiger charge is 2.26. The van der Waals surface area contributed by atoms with Gasteiger partial charge in [0, 0.05) is 25.7 Å². The van der Waals surface area contributed by atoms with Crippen LogP contribution in [-0.4, -0.2) is 52.6 Å². The number of carbonyl (C=O) groups excluding carboxylic acids is 1. The average Bonchev–Trinajstić information content (AvgIpc) is 2.53. The largest absolute Gasteiger partial charge is 0.481 e. The van der Waals surface area contributed by atoms with Crippen LogP contribution < -0.4 is 0 Å². The topological polar surface area (TPSA) is 60.9 Å². The molecule has 0 aromatic heterocycles. The van der Waals surface area contributed by atoms with Gasteiger partial charge in [-0.25, -0.2) is 4.79 Å². The van der Waals surface area contributed by atoms with Gasteiger partial charge < -0.3 is 14.9 Å². The highest BCUT2D eigenvalue weighted by molar-refractivity contribution is 5.76. The number of hydrogen-bond acceptors (Lipinski definition) is 2. The summed E-state index contributed by atoms with van der Waals surface area (Å²) in [4.78, 5) is 26.8. The van der Waals surface area contributed by atoms with E-state index < -0.39 is 5.97 Å². The van der Waals surface area contributed by atoms with E-state index in [1.807, 2.05) is 11.8 Å². The Bertz CT molecular complexity index is 320. The zero-order valence-corrected chi connectivity index (χ0v) is 12.3. The standard InChI is InChI=1S/C14H26N2O3/c1-4-16(12(3)10-13(17)18)14(19)15-8-5-6-11(2)7-9-15/h11-12H,4-10H2,1-3H3,(H,17,18). The predicted octanol–water partition coefficient (Wildman–Crippen LogP) is 2.41. The first-order valence-corrected chi connectivity index (χ1v) is 7.23. The van der Waals surface area contributed by atoms with E-state index in [4.69, 9.17) is 5.11 Å². The summed E-state index contributed by atoms with van der Waals surface area (Å²) in [5, 5.41) is 8.85. The van der Waals surface area contributed by atoms with Gasteiger partial charge in [0.25, 0.3) is 0 Å². The van der Waals surface area contributed by atoms with Crippen LogP contribution in [0, 0.1) is 5.92 Å². The first-order valence-electron chi connectivity index (χ1n) is 7.23. The van der Waals surface area contributed by atoms with E-state index in [9.17, 15) is 9.59 Å². The zero-order chi connectivity index (χ0) is 14.4. The molecule has 0 aromatic rings. The average molecular weight is 270 g/mol. The van der Waals surface area contributed by atoms with Gasteiger partial charge in [-0.15, -0.1) is 0 Å². The molecular formula is C14H26N2O3. The van der Waals surface area contributed by atoms with Gasteiger partial charge in [-0.2, -0.15) is 0 Å². The van der Waals surface area contributed by atoms with Crippen molar-refractivity contribution >= 4 is 12.0 Å². The van der Waals surface area contributed by atoms with E-state index in [0.29, 0.717) is 12.5 Å². The van der Waals surface area contributed by atoms with Gasteiger partial charge in [-0.1, -0.05) is 6.92 Å². The Morgan fingerprint density at radius 2 is 2.05 bits per heavy atom. The maximum Gasteiger partial charge on any atom is 0.320 e. The molecule has 1 heterocycles. The fourth-order valence-electron chi connectivity index (χ4n) is 2.63. The molecule has 2 unspecified atom stereocenters. The molecule has 5 heteroatoms. The lowest BCUT2D eigenvalue weighted by atomic mass is 10.0. The van der Waals surface area contributed by atoms with Gasteiger partial charge in [0.1, 0.15) is 0 Å². The number of urea groups is 1. The number of nitrogens with zero attached hydrogens (tertiary/aromatic N) is 2. The molecule has 0 spiro atoms. The Kier molecular flexibility index (Phi) is 6.12. The summed E-state index contributed by atoms with van der Waals surface area (Å²) in [6.45, 7) is 8.06. The van der Waals surface area contributed by atoms with Crippen LogP contribution in [0.25, 0.3) is 0 Å². The molecule has 0 aliphatic carbocycles. The summed E-state index contributed by atoms with van der Waals surface area (Å²) >= 11 is 0. The van der Waals surface area contributed by atoms with Crippen LogP contribution in [0.5, 0.6) is 0 Å². The minimum absolute atomic E-state index is 0.00379. The molecule has 0 saturated carbocycles. The summed E-state index contributed by atoms with van der Waals surface area (Å²) < 4.78 is 0. The van der Waals surface area contributed by atoms with E-state index in [-0.39, 0.29) is 18.5 Å². The molecule has 1 aliphatic heterocycles. The second-order valence-electron chi connectivity index (χ2n) is 5.54. The van der Waals surface area contributed by atoms with Crippen molar-refractivity contribution in [2.24, 2.45) is 5.92 Å². The highest BCUT2D eigenvalue weighted by Crippen LogP contribution is 2.18. The molecule has 1 rings (SSSR count). The Balaban J connectivity index is 2.64. The fraction of sp³-hybridized carbons (Fsp3) is 0.857. The van der Waals surface area contributed by atoms with Crippen LogP contribution in [0.15, 0.2) is 0 Å². The first kappa shape index (κ1) is 15.8. The lowest BCUT2D eigenvalue weighted by molar-refractivity contribution is -0.138. The van der Waals surface area contributed by atoms with E-state index in [2.05, 4.69) is 6.92 Å². The number of amides is 2. The van der Waals surface area contributed by atoms with Crippen molar-refractivity contribution in [3.05, 3.63) is 0 Å². The van der Waals surface area contributed by atoms with Crippen molar-refractivity contribution in [3.63, 3.8) is 0 Å². The second-order valence-corrected chi connectivity index (χ2v) is 5.54. The number of likely N-dealkylation sites (tertiary alicyclic amines) is 1. The smallest absolute Gasteiger partial charge is 0.320 e. The minimum atomic E-state index is -0.858. The third-order valence-electron chi connectivity index (χ3n) is 3.88. The molecule has 5 nitrogen and oxygen atoms in total. The molecule has 0 radical (unpaired) electrons. The molecular weight excluding hydrogens is 244 g/mol. The monoisotopic (exact) mass is 270 g/mol. The van der Waals surface area contributed by atoms with Crippen molar-refractivity contribution < 1.29 is 14.7 Å². The second kappa shape index (κ2) is 7.36. The lowest BCUT2D eigenvalue weighted by Gasteiger charge is -2.33. The molecule has 2 amide bonds. The van der Waals surface area contributed by atoms with E-state index in [0.717, 1.165) is 25.9 Å². The normalized spacial score (nSPS) is 21.6. The van der Waals surface area contributed by atoms with Gasteiger partial charge in [0.2, 0.25) is 0 Å². The summed E-state index contributed by atoms with van der Waals surface area (Å²) in [7, 11) is 0. The van der Waals surface area contributed by atoms with Crippen molar-refractivity contribution in [2.75, 3.05) is 19.6 Å². The summed E-state index contributed by atoms with van der Waals surface area (Å²) in [5.41, 5.74) is 0. The summed E-state index contributed by atoms with van der Waals surface area (Å²) in [5.74, 6) is -0.187. The number of rotatable bonds is 4. The molecule has 110 valence electrons. The van der Waals surface area contributed by atoms with Crippen molar-refractivity contribution in [1.29, 1.82) is 0 Å². The van der Waals surface area contributed by atoms with Crippen LogP contribution in [0.3, 0.4) is 0 Å². The SMILES string of the molecule is CCN(C(=O)N1CCCC(C)CC1)C(C)CC(=O)O. The summed E-state index contributed by atoms with van der Waals surface area (Å²) in [6, 6.07) is -0.263. The molecule has 19 heavy (non-hydrogen) atoms. The summed E-state index contributed by atoms with van der Waals surface area (Å²) in [6.07, 6.45) is 3.25. The first-order chi connectivity index (χ1) is 8.95. The lowest BCUT2D eigenvalue weighted by Crippen LogP contribution is -2.48. The van der Waals surface area contributed by atoms with Gasteiger partial charge in [-0.05, 0) is 39.0 Å². The number of aliphatic carboxylic acids is 1. The molecule has 1 N–H and O–H groups in total. The quantitative estimate of drug-likeness (QED) is 0.853. The Labute approximate surface area is 115 Å². The van der Waals surface area contributed by atoms with Crippen LogP contribution in [-0.2, 0) is 4.79 Å². The Hall–Kier alpha value is -1.26. The van der Waals surface area contributed by atoms with Gasteiger partial charge in [-0.3, -0.25) is 4.79 Å². The number of carboxylic acid groups (broad SMARTS) is 1. The van der Waals surface area contributed by atoms with Gasteiger partial charge in [0.05, 0.1) is 6.42 Å². The van der Waals surface area contributed by atoms with E-state index in [1.165, 1.54) is 6.42 Å². The molecule has 0 bridgehead atoms. The molecule has 1 saturated heterocycles. The highest BCUT2D eigenvalue weighted by atomic mass is 16.4. The minimum Gasteiger partial charge on any atom is -0.481 e. The van der Waals surface area contributed by atoms with Gasteiger partial charge >= 0.3 is 12.0 Å². The maximum absolute atomic E-state index is 12.5. The van der Waals surface area contributed by atoms with Crippen molar-refractivity contribution in [2.45, 2.75) is 52.5 Å². The number of carbonyl (C=O) groups is 2. The third-order valence-corrected chi connectivity index (χ3v) is 3.88. The molecule has 1 aliphatic rings. The number of carboxylic acids is 1. The number of hydrogen-bond donors (Lipinski definition) is 1. The predicted molar refractivity (Wildman–Crippen MR) is 74.1 cm³/mol. The van der Waals surface area contributed by atoms with E-state index in [1.54, 1.807) is 11.8 Å². The zero-order valence-electron chi connectivity index (χ0n) is 12.3. The molecule has 2 atom stereocenters. The van der Waals surface area contributed by atoms with Crippen LogP contribution in [0.4, 0.5) is 4.79 Å². The Morgan fingerprint density at radius 1 is 1.37 bits per heavy atom. The third kappa shape index (κ3) is 4.73. The van der Waals surface area contributed by atoms with Crippen molar-refractivity contribution in [3.8, 4) is 0 Å². The molecule has 1 fully saturated rings. The van der Waals surface area contributed by atoms with E-state index >= 15 is 0 Å². The van der Waals surface area contributed by atoms with Crippen LogP contribution >= 0.6 is 0 Å². The van der Waals surface area contributed by atoms with Crippen LogP contribution in [0.2, 0.25) is 0 Å². The molecule has 0 aromatic carbocycles. The maximum atomic E-state index is 12.5. The fourth-order valence-corrected chi connectivity index (χ4v) is 2.63.